The van der Waals surface area contributed by atoms with Gasteiger partial charge in [-0.05, 0) is 46.9 Å². The van der Waals surface area contributed by atoms with E-state index in [2.05, 4.69) is 60.8 Å². The van der Waals surface area contributed by atoms with Gasteiger partial charge in [-0.1, -0.05) is 42.5 Å². The molecule has 3 aromatic rings. The van der Waals surface area contributed by atoms with Crippen LogP contribution < -0.4 is 0 Å². The normalized spacial score (nSPS) is 10.9. The first-order chi connectivity index (χ1) is 8.34. The van der Waals surface area contributed by atoms with Gasteiger partial charge in [-0.15, -0.1) is 11.3 Å². The lowest BCUT2D eigenvalue weighted by Gasteiger charge is -2.05. The van der Waals surface area contributed by atoms with Crippen molar-refractivity contribution in [2.24, 2.45) is 0 Å². The third kappa shape index (κ3) is 1.98. The summed E-state index contributed by atoms with van der Waals surface area (Å²) in [5, 5.41) is 3.69. The Labute approximate surface area is 106 Å². The maximum absolute atomic E-state index is 2.25. The summed E-state index contributed by atoms with van der Waals surface area (Å²) in [5.74, 6) is 0. The molecule has 0 fully saturated rings. The van der Waals surface area contributed by atoms with Crippen LogP contribution in [-0.4, -0.2) is 0 Å². The van der Waals surface area contributed by atoms with Gasteiger partial charge in [0.15, 0.2) is 0 Å². The summed E-state index contributed by atoms with van der Waals surface area (Å²) in [6.07, 6.45) is 1.02. The SMILES string of the molecule is Cc1csc2cccc(Cc3ccccc3)c12. The van der Waals surface area contributed by atoms with E-state index in [1.54, 1.807) is 0 Å². The number of hydrogen-bond donors (Lipinski definition) is 0. The second kappa shape index (κ2) is 4.34. The maximum atomic E-state index is 2.25. The van der Waals surface area contributed by atoms with E-state index >= 15 is 0 Å². The number of hydrogen-bond acceptors (Lipinski definition) is 1. The van der Waals surface area contributed by atoms with Gasteiger partial charge in [0.05, 0.1) is 0 Å². The molecule has 84 valence electrons. The van der Waals surface area contributed by atoms with Crippen LogP contribution in [-0.2, 0) is 6.42 Å². The van der Waals surface area contributed by atoms with Crippen molar-refractivity contribution < 1.29 is 0 Å². The third-order valence-electron chi connectivity index (χ3n) is 3.11. The molecule has 1 aromatic heterocycles. The lowest BCUT2D eigenvalue weighted by Crippen LogP contribution is -1.88. The van der Waals surface area contributed by atoms with Crippen molar-refractivity contribution in [1.29, 1.82) is 0 Å². The Morgan fingerprint density at radius 1 is 0.941 bits per heavy atom. The average molecular weight is 238 g/mol. The Balaban J connectivity index is 2.09. The zero-order chi connectivity index (χ0) is 11.7. The number of fused-ring (bicyclic) bond motifs is 1. The molecule has 0 N–H and O–H groups in total. The zero-order valence-electron chi connectivity index (χ0n) is 9.81. The highest BCUT2D eigenvalue weighted by Gasteiger charge is 2.06. The second-order valence-corrected chi connectivity index (χ2v) is 5.28. The molecule has 0 aliphatic heterocycles. The van der Waals surface area contributed by atoms with E-state index in [9.17, 15) is 0 Å². The van der Waals surface area contributed by atoms with Crippen LogP contribution >= 0.6 is 11.3 Å². The Hall–Kier alpha value is -1.60. The Morgan fingerprint density at radius 2 is 1.76 bits per heavy atom. The van der Waals surface area contributed by atoms with Gasteiger partial charge in [0.2, 0.25) is 0 Å². The number of benzene rings is 2. The molecule has 0 spiro atoms. The van der Waals surface area contributed by atoms with Gasteiger partial charge in [-0.2, -0.15) is 0 Å². The highest BCUT2D eigenvalue weighted by Crippen LogP contribution is 2.29. The zero-order valence-corrected chi connectivity index (χ0v) is 10.6. The summed E-state index contributed by atoms with van der Waals surface area (Å²) in [5.41, 5.74) is 4.22. The minimum atomic E-state index is 1.02. The van der Waals surface area contributed by atoms with Gasteiger partial charge in [0.1, 0.15) is 0 Å². The summed E-state index contributed by atoms with van der Waals surface area (Å²) in [7, 11) is 0. The van der Waals surface area contributed by atoms with Gasteiger partial charge >= 0.3 is 0 Å². The Bertz CT molecular complexity index is 635. The van der Waals surface area contributed by atoms with Crippen LogP contribution in [0, 0.1) is 6.92 Å². The Kier molecular flexibility index (Phi) is 2.69. The molecule has 2 aromatic carbocycles. The van der Waals surface area contributed by atoms with E-state index in [1.165, 1.54) is 26.8 Å². The topological polar surface area (TPSA) is 0 Å². The van der Waals surface area contributed by atoms with E-state index in [1.807, 2.05) is 11.3 Å². The van der Waals surface area contributed by atoms with Crippen molar-refractivity contribution in [1.82, 2.24) is 0 Å². The molecule has 0 amide bonds. The van der Waals surface area contributed by atoms with Crippen molar-refractivity contribution in [2.45, 2.75) is 13.3 Å². The van der Waals surface area contributed by atoms with Gasteiger partial charge < -0.3 is 0 Å². The standard InChI is InChI=1S/C16H14S/c1-12-11-17-15-9-5-8-14(16(12)15)10-13-6-3-2-4-7-13/h2-9,11H,10H2,1H3. The smallest absolute Gasteiger partial charge is 0.0348 e. The predicted molar refractivity (Wildman–Crippen MR) is 75.8 cm³/mol. The van der Waals surface area contributed by atoms with Crippen LogP contribution in [0.25, 0.3) is 10.1 Å². The number of aryl methyl sites for hydroxylation is 1. The molecule has 1 heterocycles. The molecule has 0 bridgehead atoms. The quantitative estimate of drug-likeness (QED) is 0.601. The van der Waals surface area contributed by atoms with Crippen molar-refractivity contribution in [3.63, 3.8) is 0 Å². The molecule has 0 saturated heterocycles. The first kappa shape index (κ1) is 10.5. The molecule has 0 nitrogen and oxygen atoms in total. The number of thiophene rings is 1. The third-order valence-corrected chi connectivity index (χ3v) is 4.17. The first-order valence-corrected chi connectivity index (χ1v) is 6.72. The van der Waals surface area contributed by atoms with Crippen molar-refractivity contribution in [2.75, 3.05) is 0 Å². The van der Waals surface area contributed by atoms with Crippen LogP contribution in [0.15, 0.2) is 53.9 Å². The monoisotopic (exact) mass is 238 g/mol. The number of rotatable bonds is 2. The molecule has 0 aliphatic carbocycles. The highest BCUT2D eigenvalue weighted by atomic mass is 32.1. The molecule has 0 unspecified atom stereocenters. The van der Waals surface area contributed by atoms with Gasteiger partial charge in [-0.3, -0.25) is 0 Å². The van der Waals surface area contributed by atoms with Gasteiger partial charge in [0.25, 0.3) is 0 Å². The highest BCUT2D eigenvalue weighted by molar-refractivity contribution is 7.17. The van der Waals surface area contributed by atoms with E-state index in [4.69, 9.17) is 0 Å². The summed E-state index contributed by atoms with van der Waals surface area (Å²) >= 11 is 1.84. The van der Waals surface area contributed by atoms with E-state index in [0.29, 0.717) is 0 Å². The van der Waals surface area contributed by atoms with Crippen LogP contribution in [0.1, 0.15) is 16.7 Å². The lowest BCUT2D eigenvalue weighted by atomic mass is 10.00. The van der Waals surface area contributed by atoms with E-state index in [-0.39, 0.29) is 0 Å². The second-order valence-electron chi connectivity index (χ2n) is 4.37. The minimum absolute atomic E-state index is 1.02. The molecule has 1 heteroatoms. The summed E-state index contributed by atoms with van der Waals surface area (Å²) in [6, 6.07) is 17.3. The van der Waals surface area contributed by atoms with Crippen molar-refractivity contribution in [3.05, 3.63) is 70.6 Å². The van der Waals surface area contributed by atoms with Crippen LogP contribution in [0.4, 0.5) is 0 Å². The Morgan fingerprint density at radius 3 is 2.59 bits per heavy atom. The van der Waals surface area contributed by atoms with E-state index in [0.717, 1.165) is 6.42 Å². The van der Waals surface area contributed by atoms with Crippen molar-refractivity contribution in [3.8, 4) is 0 Å². The lowest BCUT2D eigenvalue weighted by molar-refractivity contribution is 1.21. The fraction of sp³-hybridized carbons (Fsp3) is 0.125. The summed E-state index contributed by atoms with van der Waals surface area (Å²) in [4.78, 5) is 0. The molecule has 0 aliphatic rings. The first-order valence-electron chi connectivity index (χ1n) is 5.84. The summed E-state index contributed by atoms with van der Waals surface area (Å²) < 4.78 is 1.40. The molecular formula is C16H14S. The van der Waals surface area contributed by atoms with Crippen molar-refractivity contribution >= 4 is 21.4 Å². The molecular weight excluding hydrogens is 224 g/mol. The average Bonchev–Trinajstić information content (AvgIpc) is 2.74. The predicted octanol–water partition coefficient (Wildman–Crippen LogP) is 4.80. The molecule has 0 radical (unpaired) electrons. The minimum Gasteiger partial charge on any atom is -0.144 e. The largest absolute Gasteiger partial charge is 0.144 e. The molecule has 3 rings (SSSR count). The van der Waals surface area contributed by atoms with Crippen LogP contribution in [0.5, 0.6) is 0 Å². The van der Waals surface area contributed by atoms with Gasteiger partial charge in [-0.25, -0.2) is 0 Å². The fourth-order valence-electron chi connectivity index (χ4n) is 2.30. The molecule has 0 atom stereocenters. The fourth-order valence-corrected chi connectivity index (χ4v) is 3.28. The van der Waals surface area contributed by atoms with Crippen LogP contribution in [0.2, 0.25) is 0 Å². The molecule has 17 heavy (non-hydrogen) atoms. The molecule has 0 saturated carbocycles. The van der Waals surface area contributed by atoms with E-state index < -0.39 is 0 Å². The maximum Gasteiger partial charge on any atom is 0.0348 e. The summed E-state index contributed by atoms with van der Waals surface area (Å²) in [6.45, 7) is 2.20. The van der Waals surface area contributed by atoms with Gasteiger partial charge in [0, 0.05) is 4.70 Å². The van der Waals surface area contributed by atoms with Crippen LogP contribution in [0.3, 0.4) is 0 Å².